The molecule has 0 radical (unpaired) electrons. The lowest BCUT2D eigenvalue weighted by molar-refractivity contribution is -0.115. The van der Waals surface area contributed by atoms with Crippen LogP contribution in [0.5, 0.6) is 0 Å². The van der Waals surface area contributed by atoms with Crippen molar-refractivity contribution in [3.63, 3.8) is 0 Å². The fourth-order valence-electron chi connectivity index (χ4n) is 2.51. The van der Waals surface area contributed by atoms with Gasteiger partial charge in [0.15, 0.2) is 0 Å². The molecule has 82 valence electrons. The third-order valence-electron chi connectivity index (χ3n) is 2.93. The monoisotopic (exact) mass is 225 g/mol. The predicted octanol–water partition coefficient (Wildman–Crippen LogP) is 2.68. The zero-order chi connectivity index (χ0) is 11.0. The Kier molecular flexibility index (Phi) is 2.87. The molecule has 1 heterocycles. The third-order valence-corrected chi connectivity index (χ3v) is 3.90. The summed E-state index contributed by atoms with van der Waals surface area (Å²) < 4.78 is 0. The molecule has 2 atom stereocenters. The number of allylic oxidation sites excluding steroid dienone is 1. The van der Waals surface area contributed by atoms with Crippen LogP contribution in [0.4, 0.5) is 4.79 Å². The maximum absolute atomic E-state index is 11.5. The lowest BCUT2D eigenvalue weighted by atomic mass is 9.80. The van der Waals surface area contributed by atoms with Crippen LogP contribution in [0.1, 0.15) is 33.1 Å². The Bertz CT molecular complexity index is 336. The number of thioether (sulfide) groups is 1. The number of imide groups is 1. The van der Waals surface area contributed by atoms with Gasteiger partial charge in [-0.2, -0.15) is 0 Å². The molecule has 4 heteroatoms. The number of amides is 2. The van der Waals surface area contributed by atoms with Gasteiger partial charge in [0.2, 0.25) is 0 Å². The van der Waals surface area contributed by atoms with Crippen LogP contribution in [0.15, 0.2) is 10.5 Å². The van der Waals surface area contributed by atoms with Crippen LogP contribution >= 0.6 is 11.8 Å². The Morgan fingerprint density at radius 3 is 2.27 bits per heavy atom. The molecular formula is C11H15NO2S. The van der Waals surface area contributed by atoms with Gasteiger partial charge in [0.25, 0.3) is 11.1 Å². The Morgan fingerprint density at radius 2 is 1.80 bits per heavy atom. The van der Waals surface area contributed by atoms with Gasteiger partial charge in [0.05, 0.1) is 4.91 Å². The second-order valence-corrected chi connectivity index (χ2v) is 5.61. The van der Waals surface area contributed by atoms with Crippen molar-refractivity contribution in [3.05, 3.63) is 10.5 Å². The number of carbonyl (C=O) groups is 2. The summed E-state index contributed by atoms with van der Waals surface area (Å²) in [5, 5.41) is 2.09. The van der Waals surface area contributed by atoms with Gasteiger partial charge in [0, 0.05) is 0 Å². The lowest BCUT2D eigenvalue weighted by Gasteiger charge is -2.26. The van der Waals surface area contributed by atoms with E-state index < -0.39 is 0 Å². The van der Waals surface area contributed by atoms with Gasteiger partial charge in [-0.1, -0.05) is 13.8 Å². The average Bonchev–Trinajstić information content (AvgIpc) is 2.43. The highest BCUT2D eigenvalue weighted by Crippen LogP contribution is 2.38. The van der Waals surface area contributed by atoms with Crippen molar-refractivity contribution in [2.45, 2.75) is 33.1 Å². The van der Waals surface area contributed by atoms with E-state index in [0.717, 1.165) is 24.6 Å². The Hall–Kier alpha value is -0.770. The number of carbonyl (C=O) groups excluding carboxylic acids is 2. The zero-order valence-electron chi connectivity index (χ0n) is 9.00. The molecule has 0 aromatic carbocycles. The summed E-state index contributed by atoms with van der Waals surface area (Å²) in [6.45, 7) is 4.41. The first-order valence-electron chi connectivity index (χ1n) is 5.31. The molecule has 2 aliphatic rings. The molecule has 0 bridgehead atoms. The lowest BCUT2D eigenvalue weighted by Crippen LogP contribution is -2.20. The highest BCUT2D eigenvalue weighted by Gasteiger charge is 2.31. The second-order valence-electron chi connectivity index (χ2n) is 4.63. The summed E-state index contributed by atoms with van der Waals surface area (Å²) in [5.41, 5.74) is 1.18. The van der Waals surface area contributed by atoms with E-state index in [1.807, 2.05) is 0 Å². The van der Waals surface area contributed by atoms with Crippen LogP contribution in [0.2, 0.25) is 0 Å². The summed E-state index contributed by atoms with van der Waals surface area (Å²) in [6, 6.07) is 0. The van der Waals surface area contributed by atoms with E-state index >= 15 is 0 Å². The van der Waals surface area contributed by atoms with Gasteiger partial charge >= 0.3 is 0 Å². The van der Waals surface area contributed by atoms with Crippen molar-refractivity contribution in [1.29, 1.82) is 0 Å². The van der Waals surface area contributed by atoms with Gasteiger partial charge < -0.3 is 0 Å². The summed E-state index contributed by atoms with van der Waals surface area (Å²) in [4.78, 5) is 23.2. The van der Waals surface area contributed by atoms with Crippen molar-refractivity contribution in [2.75, 3.05) is 0 Å². The largest absolute Gasteiger partial charge is 0.290 e. The van der Waals surface area contributed by atoms with Gasteiger partial charge in [-0.3, -0.25) is 14.9 Å². The molecule has 2 rings (SSSR count). The van der Waals surface area contributed by atoms with E-state index in [1.165, 1.54) is 12.0 Å². The number of hydrogen-bond donors (Lipinski definition) is 1. The smallest absolute Gasteiger partial charge is 0.282 e. The predicted molar refractivity (Wildman–Crippen MR) is 60.3 cm³/mol. The van der Waals surface area contributed by atoms with E-state index in [-0.39, 0.29) is 11.1 Å². The van der Waals surface area contributed by atoms with Crippen LogP contribution in [-0.2, 0) is 4.79 Å². The van der Waals surface area contributed by atoms with Gasteiger partial charge in [0.1, 0.15) is 0 Å². The Morgan fingerprint density at radius 1 is 1.20 bits per heavy atom. The molecule has 1 aliphatic carbocycles. The molecule has 1 saturated heterocycles. The van der Waals surface area contributed by atoms with E-state index in [1.54, 1.807) is 0 Å². The van der Waals surface area contributed by atoms with E-state index in [9.17, 15) is 9.59 Å². The first kappa shape index (κ1) is 10.7. The molecule has 0 aromatic heterocycles. The normalized spacial score (nSPS) is 36.9. The zero-order valence-corrected chi connectivity index (χ0v) is 9.82. The molecule has 0 spiro atoms. The average molecular weight is 225 g/mol. The topological polar surface area (TPSA) is 46.2 Å². The molecule has 1 saturated carbocycles. The van der Waals surface area contributed by atoms with E-state index in [2.05, 4.69) is 19.2 Å². The van der Waals surface area contributed by atoms with Crippen LogP contribution in [-0.4, -0.2) is 11.1 Å². The quantitative estimate of drug-likeness (QED) is 0.645. The van der Waals surface area contributed by atoms with Crippen molar-refractivity contribution in [1.82, 2.24) is 5.32 Å². The molecule has 0 unspecified atom stereocenters. The fourth-order valence-corrected chi connectivity index (χ4v) is 3.29. The van der Waals surface area contributed by atoms with Gasteiger partial charge in [-0.25, -0.2) is 0 Å². The summed E-state index contributed by atoms with van der Waals surface area (Å²) in [5.74, 6) is 1.06. The van der Waals surface area contributed by atoms with Gasteiger partial charge in [-0.15, -0.1) is 0 Å². The molecule has 2 fully saturated rings. The Balaban J connectivity index is 2.24. The van der Waals surface area contributed by atoms with E-state index in [0.29, 0.717) is 16.7 Å². The molecule has 0 aromatic rings. The SMILES string of the molecule is C[C@@H]1CC(=C2SC(=O)NC2=O)C[C@H](C)C1. The van der Waals surface area contributed by atoms with Crippen molar-refractivity contribution in [3.8, 4) is 0 Å². The highest BCUT2D eigenvalue weighted by molar-refractivity contribution is 8.18. The molecule has 2 amide bonds. The fraction of sp³-hybridized carbons (Fsp3) is 0.636. The third kappa shape index (κ3) is 2.25. The van der Waals surface area contributed by atoms with Crippen LogP contribution in [0, 0.1) is 11.8 Å². The first-order valence-corrected chi connectivity index (χ1v) is 6.13. The molecule has 15 heavy (non-hydrogen) atoms. The maximum Gasteiger partial charge on any atom is 0.290 e. The molecule has 1 N–H and O–H groups in total. The highest BCUT2D eigenvalue weighted by atomic mass is 32.2. The number of hydrogen-bond acceptors (Lipinski definition) is 3. The molecule has 1 aliphatic heterocycles. The number of rotatable bonds is 0. The van der Waals surface area contributed by atoms with Crippen LogP contribution in [0.3, 0.4) is 0 Å². The van der Waals surface area contributed by atoms with Crippen molar-refractivity contribution >= 4 is 22.9 Å². The van der Waals surface area contributed by atoms with Crippen LogP contribution < -0.4 is 5.32 Å². The molecule has 3 nitrogen and oxygen atoms in total. The summed E-state index contributed by atoms with van der Waals surface area (Å²) in [7, 11) is 0. The minimum absolute atomic E-state index is 0.193. The van der Waals surface area contributed by atoms with Crippen molar-refractivity contribution in [2.24, 2.45) is 11.8 Å². The minimum atomic E-state index is -0.228. The first-order chi connectivity index (χ1) is 7.06. The standard InChI is InChI=1S/C11H15NO2S/c1-6-3-7(2)5-8(4-6)9-10(13)12-11(14)15-9/h6-7H,3-5H2,1-2H3,(H,12,13,14)/t6-,7+. The van der Waals surface area contributed by atoms with Gasteiger partial charge in [-0.05, 0) is 48.4 Å². The Labute approximate surface area is 93.7 Å². The van der Waals surface area contributed by atoms with E-state index in [4.69, 9.17) is 0 Å². The summed E-state index contributed by atoms with van der Waals surface area (Å²) >= 11 is 1.06. The van der Waals surface area contributed by atoms with Crippen molar-refractivity contribution < 1.29 is 9.59 Å². The maximum atomic E-state index is 11.5. The van der Waals surface area contributed by atoms with Crippen LogP contribution in [0.25, 0.3) is 0 Å². The minimum Gasteiger partial charge on any atom is -0.282 e. The number of nitrogens with one attached hydrogen (secondary N) is 1. The summed E-state index contributed by atoms with van der Waals surface area (Å²) in [6.07, 6.45) is 3.15. The molecular weight excluding hydrogens is 210 g/mol. The second kappa shape index (κ2) is 4.00.